The molecule has 2 rings (SSSR count). The van der Waals surface area contributed by atoms with Crippen LogP contribution in [0.1, 0.15) is 30.8 Å². The van der Waals surface area contributed by atoms with Crippen molar-refractivity contribution in [3.05, 3.63) is 28.6 Å². The SMILES string of the molecule is CC(C)(c1c(F)c(C(F)(F)F)nc(C(F)(F)F)c1F)[C@@H]1COCCO1. The molecule has 0 unspecified atom stereocenters. The van der Waals surface area contributed by atoms with E-state index < -0.39 is 52.5 Å². The van der Waals surface area contributed by atoms with Crippen LogP contribution in [0.5, 0.6) is 0 Å². The lowest BCUT2D eigenvalue weighted by molar-refractivity contribution is -0.154. The van der Waals surface area contributed by atoms with Crippen molar-refractivity contribution >= 4 is 0 Å². The maximum Gasteiger partial charge on any atom is 0.436 e. The molecule has 0 bridgehead atoms. The zero-order valence-electron chi connectivity index (χ0n) is 13.0. The Kier molecular flexibility index (Phi) is 5.03. The molecule has 1 aromatic rings. The quantitative estimate of drug-likeness (QED) is 0.726. The molecule has 1 atom stereocenters. The van der Waals surface area contributed by atoms with Crippen LogP contribution < -0.4 is 0 Å². The largest absolute Gasteiger partial charge is 0.436 e. The monoisotopic (exact) mass is 379 g/mol. The second-order valence-corrected chi connectivity index (χ2v) is 5.96. The summed E-state index contributed by atoms with van der Waals surface area (Å²) in [5.41, 5.74) is -8.13. The lowest BCUT2D eigenvalue weighted by Gasteiger charge is -2.37. The molecule has 25 heavy (non-hydrogen) atoms. The zero-order chi connectivity index (χ0) is 19.2. The van der Waals surface area contributed by atoms with Crippen LogP contribution in [0.15, 0.2) is 0 Å². The Hall–Kier alpha value is -1.49. The first kappa shape index (κ1) is 19.8. The molecule has 0 spiro atoms. The summed E-state index contributed by atoms with van der Waals surface area (Å²) in [7, 11) is 0. The molecule has 0 radical (unpaired) electrons. The van der Waals surface area contributed by atoms with Crippen LogP contribution in [0.4, 0.5) is 35.1 Å². The number of aromatic nitrogens is 1. The van der Waals surface area contributed by atoms with Gasteiger partial charge < -0.3 is 9.47 Å². The molecule has 0 saturated carbocycles. The first-order valence-corrected chi connectivity index (χ1v) is 7.01. The van der Waals surface area contributed by atoms with Gasteiger partial charge in [0.2, 0.25) is 0 Å². The summed E-state index contributed by atoms with van der Waals surface area (Å²) >= 11 is 0. The molecule has 142 valence electrons. The van der Waals surface area contributed by atoms with Gasteiger partial charge in [0.1, 0.15) is 0 Å². The number of pyridine rings is 1. The Balaban J connectivity index is 2.75. The standard InChI is InChI=1S/C14H13F8NO2/c1-12(2,6-5-24-3-4-25-6)7-8(15)10(13(17,18)19)23-11(9(7)16)14(20,21)22/h6H,3-5H2,1-2H3/t6-/m0/s1. The van der Waals surface area contributed by atoms with E-state index in [0.717, 1.165) is 13.8 Å². The smallest absolute Gasteiger partial charge is 0.376 e. The summed E-state index contributed by atoms with van der Waals surface area (Å²) in [6, 6.07) is 0. The molecule has 2 heterocycles. The molecule has 1 aliphatic heterocycles. The predicted molar refractivity (Wildman–Crippen MR) is 67.7 cm³/mol. The summed E-state index contributed by atoms with van der Waals surface area (Å²) in [6.45, 7) is 2.05. The van der Waals surface area contributed by atoms with Gasteiger partial charge in [-0.25, -0.2) is 13.8 Å². The summed E-state index contributed by atoms with van der Waals surface area (Å²) in [6.07, 6.45) is -12.2. The van der Waals surface area contributed by atoms with Gasteiger partial charge in [-0.15, -0.1) is 0 Å². The van der Waals surface area contributed by atoms with E-state index in [1.54, 1.807) is 0 Å². The molecular weight excluding hydrogens is 366 g/mol. The number of ether oxygens (including phenoxy) is 2. The van der Waals surface area contributed by atoms with E-state index >= 15 is 0 Å². The predicted octanol–water partition coefficient (Wildman–Crippen LogP) is 4.09. The van der Waals surface area contributed by atoms with E-state index in [1.807, 2.05) is 0 Å². The highest BCUT2D eigenvalue weighted by atomic mass is 19.4. The summed E-state index contributed by atoms with van der Waals surface area (Å²) in [4.78, 5) is 2.16. The van der Waals surface area contributed by atoms with Crippen molar-refractivity contribution in [2.45, 2.75) is 37.7 Å². The molecule has 0 aliphatic carbocycles. The topological polar surface area (TPSA) is 31.4 Å². The fourth-order valence-corrected chi connectivity index (χ4v) is 2.55. The van der Waals surface area contributed by atoms with E-state index in [-0.39, 0.29) is 19.8 Å². The van der Waals surface area contributed by atoms with E-state index in [1.165, 1.54) is 0 Å². The van der Waals surface area contributed by atoms with Crippen LogP contribution in [-0.4, -0.2) is 30.9 Å². The molecule has 0 aromatic carbocycles. The minimum absolute atomic E-state index is 0.0132. The van der Waals surface area contributed by atoms with Gasteiger partial charge in [0.25, 0.3) is 0 Å². The van der Waals surface area contributed by atoms with E-state index in [2.05, 4.69) is 4.98 Å². The van der Waals surface area contributed by atoms with Gasteiger partial charge >= 0.3 is 12.4 Å². The van der Waals surface area contributed by atoms with E-state index in [4.69, 9.17) is 9.47 Å². The molecule has 1 fully saturated rings. The fraction of sp³-hybridized carbons (Fsp3) is 0.643. The average Bonchev–Trinajstić information content (AvgIpc) is 2.45. The van der Waals surface area contributed by atoms with Gasteiger partial charge in [-0.05, 0) is 0 Å². The second kappa shape index (κ2) is 6.35. The summed E-state index contributed by atoms with van der Waals surface area (Å²) < 4.78 is 116. The zero-order valence-corrected chi connectivity index (χ0v) is 13.0. The molecule has 1 aliphatic rings. The van der Waals surface area contributed by atoms with Crippen LogP contribution in [0, 0.1) is 11.6 Å². The highest BCUT2D eigenvalue weighted by Crippen LogP contribution is 2.43. The van der Waals surface area contributed by atoms with Crippen molar-refractivity contribution in [2.75, 3.05) is 19.8 Å². The van der Waals surface area contributed by atoms with Gasteiger partial charge in [-0.2, -0.15) is 26.3 Å². The number of hydrogen-bond donors (Lipinski definition) is 0. The third-order valence-electron chi connectivity index (χ3n) is 3.88. The van der Waals surface area contributed by atoms with Crippen LogP contribution in [0.25, 0.3) is 0 Å². The average molecular weight is 379 g/mol. The minimum Gasteiger partial charge on any atom is -0.376 e. The first-order valence-electron chi connectivity index (χ1n) is 7.01. The molecule has 1 saturated heterocycles. The van der Waals surface area contributed by atoms with Crippen molar-refractivity contribution in [3.63, 3.8) is 0 Å². The summed E-state index contributed by atoms with van der Waals surface area (Å²) in [5, 5.41) is 0. The Morgan fingerprint density at radius 2 is 1.36 bits per heavy atom. The maximum atomic E-state index is 14.4. The van der Waals surface area contributed by atoms with Gasteiger partial charge in [0, 0.05) is 11.0 Å². The molecular formula is C14H13F8NO2. The number of alkyl halides is 6. The Labute approximate surface area is 136 Å². The second-order valence-electron chi connectivity index (χ2n) is 5.96. The minimum atomic E-state index is -5.54. The lowest BCUT2D eigenvalue weighted by atomic mass is 9.78. The normalized spacial score (nSPS) is 20.0. The third-order valence-corrected chi connectivity index (χ3v) is 3.88. The number of hydrogen-bond acceptors (Lipinski definition) is 3. The number of rotatable bonds is 2. The summed E-state index contributed by atoms with van der Waals surface area (Å²) in [5.74, 6) is -4.39. The van der Waals surface area contributed by atoms with Crippen molar-refractivity contribution < 1.29 is 44.6 Å². The molecule has 11 heteroatoms. The molecule has 0 amide bonds. The van der Waals surface area contributed by atoms with Crippen molar-refractivity contribution in [2.24, 2.45) is 0 Å². The third kappa shape index (κ3) is 3.71. The highest BCUT2D eigenvalue weighted by molar-refractivity contribution is 5.35. The Bertz CT molecular complexity index is 609. The van der Waals surface area contributed by atoms with Crippen LogP contribution in [0.3, 0.4) is 0 Å². The van der Waals surface area contributed by atoms with Crippen molar-refractivity contribution in [1.82, 2.24) is 4.98 Å². The highest BCUT2D eigenvalue weighted by Gasteiger charge is 2.49. The van der Waals surface area contributed by atoms with E-state index in [9.17, 15) is 35.1 Å². The van der Waals surface area contributed by atoms with Gasteiger partial charge in [-0.3, -0.25) is 0 Å². The number of nitrogens with zero attached hydrogens (tertiary/aromatic N) is 1. The van der Waals surface area contributed by atoms with E-state index in [0.29, 0.717) is 0 Å². The van der Waals surface area contributed by atoms with Gasteiger partial charge in [0.05, 0.1) is 25.9 Å². The fourth-order valence-electron chi connectivity index (χ4n) is 2.55. The first-order chi connectivity index (χ1) is 11.3. The number of halogens is 8. The molecule has 3 nitrogen and oxygen atoms in total. The van der Waals surface area contributed by atoms with Crippen LogP contribution in [0.2, 0.25) is 0 Å². The van der Waals surface area contributed by atoms with Gasteiger partial charge in [0.15, 0.2) is 23.0 Å². The maximum absolute atomic E-state index is 14.4. The Morgan fingerprint density at radius 3 is 1.72 bits per heavy atom. The lowest BCUT2D eigenvalue weighted by Crippen LogP contribution is -2.45. The van der Waals surface area contributed by atoms with Crippen LogP contribution >= 0.6 is 0 Å². The van der Waals surface area contributed by atoms with Crippen molar-refractivity contribution in [3.8, 4) is 0 Å². The van der Waals surface area contributed by atoms with Crippen LogP contribution in [-0.2, 0) is 27.2 Å². The molecule has 0 N–H and O–H groups in total. The molecule has 1 aromatic heterocycles. The van der Waals surface area contributed by atoms with Crippen molar-refractivity contribution in [1.29, 1.82) is 0 Å². The van der Waals surface area contributed by atoms with Gasteiger partial charge in [-0.1, -0.05) is 13.8 Å². The Morgan fingerprint density at radius 1 is 0.880 bits per heavy atom.